The molecule has 1 N–H and O–H groups in total. The third kappa shape index (κ3) is 6.27. The van der Waals surface area contributed by atoms with E-state index in [9.17, 15) is 9.59 Å². The third-order valence-electron chi connectivity index (χ3n) is 4.35. The van der Waals surface area contributed by atoms with Gasteiger partial charge in [-0.3, -0.25) is 9.59 Å². The van der Waals surface area contributed by atoms with Crippen LogP contribution in [0, 0.1) is 0 Å². The molecule has 0 fully saturated rings. The average Bonchev–Trinajstić information content (AvgIpc) is 2.65. The Bertz CT molecular complexity index is 806. The Labute approximate surface area is 171 Å². The number of amides is 2. The van der Waals surface area contributed by atoms with Crippen LogP contribution in [0.1, 0.15) is 31.9 Å². The van der Waals surface area contributed by atoms with Crippen LogP contribution in [-0.4, -0.2) is 35.9 Å². The van der Waals surface area contributed by atoms with Crippen molar-refractivity contribution in [2.45, 2.75) is 45.8 Å². The first-order chi connectivity index (χ1) is 13.3. The number of methoxy groups -OCH3 is 1. The highest BCUT2D eigenvalue weighted by Gasteiger charge is 2.26. The Hall–Kier alpha value is -2.53. The van der Waals surface area contributed by atoms with Gasteiger partial charge in [0.2, 0.25) is 11.8 Å². The van der Waals surface area contributed by atoms with Crippen LogP contribution in [0.4, 0.5) is 0 Å². The summed E-state index contributed by atoms with van der Waals surface area (Å²) in [5.74, 6) is 0.429. The standard InChI is InChI=1S/C22H27ClN2O3/c1-15(2)24-22(27)16(3)25(14-17-8-10-20(28-4)11-9-17)21(26)13-18-6-5-7-19(23)12-18/h5-12,15-16H,13-14H2,1-4H3,(H,24,27)/t16-/m0/s1. The third-order valence-corrected chi connectivity index (χ3v) is 4.59. The van der Waals surface area contributed by atoms with E-state index in [1.165, 1.54) is 0 Å². The fraction of sp³-hybridized carbons (Fsp3) is 0.364. The number of hydrogen-bond donors (Lipinski definition) is 1. The first-order valence-electron chi connectivity index (χ1n) is 9.27. The van der Waals surface area contributed by atoms with Crippen LogP contribution in [0.25, 0.3) is 0 Å². The van der Waals surface area contributed by atoms with Gasteiger partial charge in [0.25, 0.3) is 0 Å². The van der Waals surface area contributed by atoms with E-state index >= 15 is 0 Å². The maximum atomic E-state index is 13.1. The van der Waals surface area contributed by atoms with Crippen molar-refractivity contribution in [2.24, 2.45) is 0 Å². The minimum atomic E-state index is -0.601. The van der Waals surface area contributed by atoms with Crippen LogP contribution in [-0.2, 0) is 22.6 Å². The highest BCUT2D eigenvalue weighted by molar-refractivity contribution is 6.30. The summed E-state index contributed by atoms with van der Waals surface area (Å²) in [6.45, 7) is 5.87. The summed E-state index contributed by atoms with van der Waals surface area (Å²) in [6.07, 6.45) is 0.177. The first kappa shape index (κ1) is 21.8. The Morgan fingerprint density at radius 1 is 1.07 bits per heavy atom. The molecule has 1 atom stereocenters. The summed E-state index contributed by atoms with van der Waals surface area (Å²) in [4.78, 5) is 27.2. The van der Waals surface area contributed by atoms with E-state index in [-0.39, 0.29) is 24.3 Å². The molecule has 28 heavy (non-hydrogen) atoms. The summed E-state index contributed by atoms with van der Waals surface area (Å²) in [5.41, 5.74) is 1.73. The smallest absolute Gasteiger partial charge is 0.242 e. The molecule has 6 heteroatoms. The van der Waals surface area contributed by atoms with E-state index in [0.717, 1.165) is 16.9 Å². The molecular weight excluding hydrogens is 376 g/mol. The Morgan fingerprint density at radius 3 is 2.32 bits per heavy atom. The first-order valence-corrected chi connectivity index (χ1v) is 9.65. The van der Waals surface area contributed by atoms with E-state index in [1.54, 1.807) is 31.1 Å². The zero-order valence-electron chi connectivity index (χ0n) is 16.7. The Kier molecular flexibility index (Phi) is 7.88. The maximum absolute atomic E-state index is 13.1. The van der Waals surface area contributed by atoms with Gasteiger partial charge in [0.15, 0.2) is 0 Å². The molecule has 2 rings (SSSR count). The van der Waals surface area contributed by atoms with E-state index in [1.807, 2.05) is 50.2 Å². The molecule has 2 aromatic rings. The lowest BCUT2D eigenvalue weighted by Gasteiger charge is -2.29. The summed E-state index contributed by atoms with van der Waals surface area (Å²) < 4.78 is 5.18. The molecule has 0 radical (unpaired) electrons. The summed E-state index contributed by atoms with van der Waals surface area (Å²) in [7, 11) is 1.61. The van der Waals surface area contributed by atoms with Gasteiger partial charge < -0.3 is 15.0 Å². The van der Waals surface area contributed by atoms with Crippen molar-refractivity contribution < 1.29 is 14.3 Å². The highest BCUT2D eigenvalue weighted by Crippen LogP contribution is 2.17. The van der Waals surface area contributed by atoms with Gasteiger partial charge in [0, 0.05) is 17.6 Å². The fourth-order valence-corrected chi connectivity index (χ4v) is 3.05. The van der Waals surface area contributed by atoms with Crippen LogP contribution in [0.2, 0.25) is 5.02 Å². The second-order valence-corrected chi connectivity index (χ2v) is 7.45. The zero-order valence-corrected chi connectivity index (χ0v) is 17.5. The highest BCUT2D eigenvalue weighted by atomic mass is 35.5. The molecule has 0 saturated heterocycles. The van der Waals surface area contributed by atoms with Gasteiger partial charge in [-0.05, 0) is 56.2 Å². The van der Waals surface area contributed by atoms with Gasteiger partial charge in [0.1, 0.15) is 11.8 Å². The zero-order chi connectivity index (χ0) is 20.7. The molecular formula is C22H27ClN2O3. The van der Waals surface area contributed by atoms with E-state index in [2.05, 4.69) is 5.32 Å². The van der Waals surface area contributed by atoms with Crippen LogP contribution in [0.3, 0.4) is 0 Å². The molecule has 2 amide bonds. The van der Waals surface area contributed by atoms with Crippen LogP contribution >= 0.6 is 11.6 Å². The molecule has 0 aliphatic carbocycles. The Balaban J connectivity index is 2.22. The number of nitrogens with zero attached hydrogens (tertiary/aromatic N) is 1. The van der Waals surface area contributed by atoms with Crippen molar-refractivity contribution in [1.82, 2.24) is 10.2 Å². The van der Waals surface area contributed by atoms with Crippen molar-refractivity contribution >= 4 is 23.4 Å². The monoisotopic (exact) mass is 402 g/mol. The topological polar surface area (TPSA) is 58.6 Å². The number of carbonyl (C=O) groups excluding carboxylic acids is 2. The van der Waals surface area contributed by atoms with E-state index in [0.29, 0.717) is 11.6 Å². The molecule has 150 valence electrons. The average molecular weight is 403 g/mol. The normalized spacial score (nSPS) is 11.8. The molecule has 0 spiro atoms. The molecule has 0 saturated carbocycles. The fourth-order valence-electron chi connectivity index (χ4n) is 2.84. The summed E-state index contributed by atoms with van der Waals surface area (Å²) >= 11 is 6.04. The number of carbonyl (C=O) groups is 2. The minimum Gasteiger partial charge on any atom is -0.497 e. The number of rotatable bonds is 8. The van der Waals surface area contributed by atoms with Crippen molar-refractivity contribution in [3.63, 3.8) is 0 Å². The van der Waals surface area contributed by atoms with Crippen molar-refractivity contribution in [3.05, 3.63) is 64.7 Å². The lowest BCUT2D eigenvalue weighted by Crippen LogP contribution is -2.49. The quantitative estimate of drug-likeness (QED) is 0.729. The molecule has 5 nitrogen and oxygen atoms in total. The SMILES string of the molecule is COc1ccc(CN(C(=O)Cc2cccc(Cl)c2)[C@@H](C)C(=O)NC(C)C)cc1. The molecule has 0 unspecified atom stereocenters. The van der Waals surface area contributed by atoms with Gasteiger partial charge >= 0.3 is 0 Å². The lowest BCUT2D eigenvalue weighted by molar-refractivity contribution is -0.140. The van der Waals surface area contributed by atoms with Crippen molar-refractivity contribution in [2.75, 3.05) is 7.11 Å². The predicted octanol–water partition coefficient (Wildman–Crippen LogP) is 3.83. The second kappa shape index (κ2) is 10.1. The molecule has 2 aromatic carbocycles. The van der Waals surface area contributed by atoms with E-state index < -0.39 is 6.04 Å². The van der Waals surface area contributed by atoms with E-state index in [4.69, 9.17) is 16.3 Å². The number of benzene rings is 2. The predicted molar refractivity (Wildman–Crippen MR) is 111 cm³/mol. The van der Waals surface area contributed by atoms with Crippen LogP contribution in [0.5, 0.6) is 5.75 Å². The lowest BCUT2D eigenvalue weighted by atomic mass is 10.1. The van der Waals surface area contributed by atoms with Crippen molar-refractivity contribution in [1.29, 1.82) is 0 Å². The van der Waals surface area contributed by atoms with Gasteiger partial charge in [0.05, 0.1) is 13.5 Å². The minimum absolute atomic E-state index is 0.000758. The number of ether oxygens (including phenoxy) is 1. The van der Waals surface area contributed by atoms with Crippen LogP contribution < -0.4 is 10.1 Å². The number of hydrogen-bond acceptors (Lipinski definition) is 3. The van der Waals surface area contributed by atoms with Crippen molar-refractivity contribution in [3.8, 4) is 5.75 Å². The number of nitrogens with one attached hydrogen (secondary N) is 1. The molecule has 0 aromatic heterocycles. The van der Waals surface area contributed by atoms with Gasteiger partial charge in [-0.2, -0.15) is 0 Å². The molecule has 0 heterocycles. The van der Waals surface area contributed by atoms with Crippen LogP contribution in [0.15, 0.2) is 48.5 Å². The number of halogens is 1. The maximum Gasteiger partial charge on any atom is 0.242 e. The summed E-state index contributed by atoms with van der Waals surface area (Å²) in [6, 6.07) is 14.1. The Morgan fingerprint density at radius 2 is 1.75 bits per heavy atom. The second-order valence-electron chi connectivity index (χ2n) is 7.02. The van der Waals surface area contributed by atoms with Gasteiger partial charge in [-0.25, -0.2) is 0 Å². The summed E-state index contributed by atoms with van der Waals surface area (Å²) in [5, 5.41) is 3.46. The largest absolute Gasteiger partial charge is 0.497 e. The van der Waals surface area contributed by atoms with Gasteiger partial charge in [-0.15, -0.1) is 0 Å². The molecule has 0 bridgehead atoms. The van der Waals surface area contributed by atoms with Gasteiger partial charge in [-0.1, -0.05) is 35.9 Å². The molecule has 0 aliphatic heterocycles. The molecule has 0 aliphatic rings.